The van der Waals surface area contributed by atoms with Gasteiger partial charge in [0.1, 0.15) is 0 Å². The van der Waals surface area contributed by atoms with E-state index in [0.717, 1.165) is 17.1 Å². The third-order valence-corrected chi connectivity index (χ3v) is 3.72. The molecule has 2 aliphatic rings. The zero-order chi connectivity index (χ0) is 13.9. The summed E-state index contributed by atoms with van der Waals surface area (Å²) in [6.07, 6.45) is 0. The van der Waals surface area contributed by atoms with Gasteiger partial charge in [-0.15, -0.1) is 0 Å². The molecule has 2 aliphatic heterocycles. The monoisotopic (exact) mass is 278 g/mol. The number of likely N-dealkylation sites (N-methyl/N-ethyl adjacent to an activating group) is 1. The molecule has 2 N–H and O–H groups in total. The van der Waals surface area contributed by atoms with Crippen LogP contribution in [0.25, 0.3) is 0 Å². The van der Waals surface area contributed by atoms with Crippen LogP contribution in [0.3, 0.4) is 0 Å². The average molecular weight is 278 g/mol. The number of para-hydroxylation sites is 1. The van der Waals surface area contributed by atoms with Crippen molar-refractivity contribution in [2.24, 2.45) is 5.92 Å². The minimum absolute atomic E-state index is 0.00151. The van der Waals surface area contributed by atoms with E-state index in [1.165, 1.54) is 0 Å². The number of carbonyl (C=O) groups excluding carboxylic acids is 1. The number of hydrogen-bond acceptors (Lipinski definition) is 5. The van der Waals surface area contributed by atoms with Crippen molar-refractivity contribution >= 4 is 5.91 Å². The summed E-state index contributed by atoms with van der Waals surface area (Å²) in [5.74, 6) is 1.31. The zero-order valence-electron chi connectivity index (χ0n) is 11.3. The highest BCUT2D eigenvalue weighted by atomic mass is 16.7. The molecule has 0 bridgehead atoms. The predicted octanol–water partition coefficient (Wildman–Crippen LogP) is 0.266. The van der Waals surface area contributed by atoms with Crippen LogP contribution in [0.2, 0.25) is 0 Å². The van der Waals surface area contributed by atoms with Crippen LogP contribution in [0.1, 0.15) is 5.56 Å². The van der Waals surface area contributed by atoms with Crippen molar-refractivity contribution in [1.82, 2.24) is 10.6 Å². The summed E-state index contributed by atoms with van der Waals surface area (Å²) in [6, 6.07) is 5.75. The van der Waals surface area contributed by atoms with Gasteiger partial charge in [-0.05, 0) is 13.1 Å². The lowest BCUT2D eigenvalue weighted by Gasteiger charge is -2.16. The highest BCUT2D eigenvalue weighted by Crippen LogP contribution is 2.35. The minimum atomic E-state index is -0.145. The van der Waals surface area contributed by atoms with Crippen LogP contribution in [-0.4, -0.2) is 39.0 Å². The van der Waals surface area contributed by atoms with Crippen molar-refractivity contribution in [3.63, 3.8) is 0 Å². The maximum atomic E-state index is 12.2. The zero-order valence-corrected chi connectivity index (χ0v) is 11.3. The van der Waals surface area contributed by atoms with Gasteiger partial charge in [0.05, 0.1) is 19.1 Å². The van der Waals surface area contributed by atoms with Crippen LogP contribution < -0.4 is 20.1 Å². The number of rotatable bonds is 4. The third-order valence-electron chi connectivity index (χ3n) is 3.72. The Kier molecular flexibility index (Phi) is 3.75. The summed E-state index contributed by atoms with van der Waals surface area (Å²) >= 11 is 0. The Bertz CT molecular complexity index is 506. The molecular weight excluding hydrogens is 260 g/mol. The van der Waals surface area contributed by atoms with Crippen LogP contribution in [0.4, 0.5) is 0 Å². The first-order valence-electron chi connectivity index (χ1n) is 6.70. The lowest BCUT2D eigenvalue weighted by Crippen LogP contribution is -2.42. The van der Waals surface area contributed by atoms with Crippen LogP contribution in [-0.2, 0) is 16.1 Å². The van der Waals surface area contributed by atoms with E-state index in [9.17, 15) is 4.79 Å². The first-order valence-corrected chi connectivity index (χ1v) is 6.70. The van der Waals surface area contributed by atoms with Gasteiger partial charge in [0.15, 0.2) is 11.5 Å². The highest BCUT2D eigenvalue weighted by molar-refractivity contribution is 5.80. The Morgan fingerprint density at radius 1 is 1.35 bits per heavy atom. The van der Waals surface area contributed by atoms with Crippen LogP contribution in [0.15, 0.2) is 18.2 Å². The van der Waals surface area contributed by atoms with Gasteiger partial charge in [-0.25, -0.2) is 0 Å². The number of amides is 1. The molecule has 108 valence electrons. The number of ether oxygens (including phenoxy) is 3. The fourth-order valence-electron chi connectivity index (χ4n) is 2.54. The number of fused-ring (bicyclic) bond motifs is 1. The lowest BCUT2D eigenvalue weighted by atomic mass is 10.0. The molecule has 0 aliphatic carbocycles. The molecule has 2 heterocycles. The summed E-state index contributed by atoms with van der Waals surface area (Å²) in [5.41, 5.74) is 0.924. The van der Waals surface area contributed by atoms with E-state index in [-0.39, 0.29) is 24.7 Å². The summed E-state index contributed by atoms with van der Waals surface area (Å²) in [4.78, 5) is 12.2. The van der Waals surface area contributed by atoms with Gasteiger partial charge >= 0.3 is 0 Å². The van der Waals surface area contributed by atoms with E-state index in [4.69, 9.17) is 14.2 Å². The van der Waals surface area contributed by atoms with E-state index >= 15 is 0 Å². The van der Waals surface area contributed by atoms with Crippen molar-refractivity contribution in [3.05, 3.63) is 23.8 Å². The summed E-state index contributed by atoms with van der Waals surface area (Å²) in [7, 11) is 1.84. The smallest absolute Gasteiger partial charge is 0.231 e. The predicted molar refractivity (Wildman–Crippen MR) is 71.6 cm³/mol. The summed E-state index contributed by atoms with van der Waals surface area (Å²) in [5, 5.41) is 6.04. The van der Waals surface area contributed by atoms with E-state index in [1.807, 2.05) is 25.2 Å². The molecule has 1 amide bonds. The number of carbonyl (C=O) groups is 1. The maximum absolute atomic E-state index is 12.2. The Balaban J connectivity index is 1.62. The van der Waals surface area contributed by atoms with Crippen molar-refractivity contribution < 1.29 is 19.0 Å². The maximum Gasteiger partial charge on any atom is 0.231 e. The Morgan fingerprint density at radius 3 is 3.10 bits per heavy atom. The first kappa shape index (κ1) is 13.2. The molecule has 1 aromatic carbocycles. The number of benzene rings is 1. The molecule has 2 unspecified atom stereocenters. The molecule has 0 aromatic heterocycles. The third kappa shape index (κ3) is 2.44. The Labute approximate surface area is 117 Å². The van der Waals surface area contributed by atoms with Crippen LogP contribution in [0.5, 0.6) is 11.5 Å². The summed E-state index contributed by atoms with van der Waals surface area (Å²) < 4.78 is 16.1. The topological polar surface area (TPSA) is 68.8 Å². The van der Waals surface area contributed by atoms with Gasteiger partial charge in [-0.1, -0.05) is 12.1 Å². The minimum Gasteiger partial charge on any atom is -0.454 e. The van der Waals surface area contributed by atoms with Crippen molar-refractivity contribution in [1.29, 1.82) is 0 Å². The lowest BCUT2D eigenvalue weighted by molar-refractivity contribution is -0.125. The largest absolute Gasteiger partial charge is 0.454 e. The second-order valence-electron chi connectivity index (χ2n) is 4.91. The van der Waals surface area contributed by atoms with Gasteiger partial charge in [-0.2, -0.15) is 0 Å². The van der Waals surface area contributed by atoms with E-state index in [0.29, 0.717) is 19.8 Å². The molecule has 1 aromatic rings. The summed E-state index contributed by atoms with van der Waals surface area (Å²) in [6.45, 7) is 1.70. The molecule has 20 heavy (non-hydrogen) atoms. The normalized spacial score (nSPS) is 23.9. The van der Waals surface area contributed by atoms with Crippen molar-refractivity contribution in [3.8, 4) is 11.5 Å². The van der Waals surface area contributed by atoms with Crippen LogP contribution in [0, 0.1) is 5.92 Å². The van der Waals surface area contributed by atoms with Gasteiger partial charge < -0.3 is 24.8 Å². The van der Waals surface area contributed by atoms with Crippen molar-refractivity contribution in [2.75, 3.05) is 27.1 Å². The molecule has 3 rings (SSSR count). The van der Waals surface area contributed by atoms with Gasteiger partial charge in [0.25, 0.3) is 0 Å². The quantitative estimate of drug-likeness (QED) is 0.827. The van der Waals surface area contributed by atoms with E-state index < -0.39 is 0 Å². The SMILES string of the molecule is CNC1COCC1C(=O)NCc1cccc2c1OCO2. The first-order chi connectivity index (χ1) is 9.79. The average Bonchev–Trinajstić information content (AvgIpc) is 3.12. The second kappa shape index (κ2) is 5.68. The molecule has 6 heteroatoms. The Morgan fingerprint density at radius 2 is 2.25 bits per heavy atom. The number of nitrogens with one attached hydrogen (secondary N) is 2. The Hall–Kier alpha value is -1.79. The van der Waals surface area contributed by atoms with Gasteiger partial charge in [-0.3, -0.25) is 4.79 Å². The highest BCUT2D eigenvalue weighted by Gasteiger charge is 2.32. The van der Waals surface area contributed by atoms with Gasteiger partial charge in [0.2, 0.25) is 12.7 Å². The standard InChI is InChI=1S/C14H18N2O4/c1-15-11-7-18-6-10(11)14(17)16-5-9-3-2-4-12-13(9)20-8-19-12/h2-4,10-11,15H,5-8H2,1H3,(H,16,17). The van der Waals surface area contributed by atoms with Crippen LogP contribution >= 0.6 is 0 Å². The van der Waals surface area contributed by atoms with E-state index in [1.54, 1.807) is 0 Å². The number of hydrogen-bond donors (Lipinski definition) is 2. The molecule has 2 atom stereocenters. The van der Waals surface area contributed by atoms with Gasteiger partial charge in [0, 0.05) is 18.2 Å². The molecule has 0 radical (unpaired) electrons. The fraction of sp³-hybridized carbons (Fsp3) is 0.500. The second-order valence-corrected chi connectivity index (χ2v) is 4.91. The molecule has 6 nitrogen and oxygen atoms in total. The van der Waals surface area contributed by atoms with E-state index in [2.05, 4.69) is 10.6 Å². The fourth-order valence-corrected chi connectivity index (χ4v) is 2.54. The molecule has 0 saturated carbocycles. The molecule has 1 fully saturated rings. The molecule has 0 spiro atoms. The molecule has 1 saturated heterocycles. The molecular formula is C14H18N2O4. The van der Waals surface area contributed by atoms with Crippen molar-refractivity contribution in [2.45, 2.75) is 12.6 Å².